The average Bonchev–Trinajstić information content (AvgIpc) is 2.79. The van der Waals surface area contributed by atoms with Crippen molar-refractivity contribution in [3.63, 3.8) is 0 Å². The Hall–Kier alpha value is -0.650. The Balaban J connectivity index is 1.89. The van der Waals surface area contributed by atoms with E-state index in [-0.39, 0.29) is 11.9 Å². The number of carbonyl (C=O) groups is 1. The summed E-state index contributed by atoms with van der Waals surface area (Å²) >= 11 is 0. The van der Waals surface area contributed by atoms with Crippen LogP contribution < -0.4 is 16.8 Å². The van der Waals surface area contributed by atoms with Gasteiger partial charge in [0.1, 0.15) is 0 Å². The fourth-order valence-electron chi connectivity index (χ4n) is 4.62. The highest BCUT2D eigenvalue weighted by molar-refractivity contribution is 5.81. The summed E-state index contributed by atoms with van der Waals surface area (Å²) in [6.07, 6.45) is 23.0. The van der Waals surface area contributed by atoms with Crippen LogP contribution in [-0.2, 0) is 4.79 Å². The van der Waals surface area contributed by atoms with Gasteiger partial charge in [-0.2, -0.15) is 0 Å². The van der Waals surface area contributed by atoms with Gasteiger partial charge in [-0.3, -0.25) is 4.79 Å². The van der Waals surface area contributed by atoms with E-state index in [4.69, 9.17) is 11.5 Å². The van der Waals surface area contributed by atoms with Crippen molar-refractivity contribution in [3.8, 4) is 0 Å². The summed E-state index contributed by atoms with van der Waals surface area (Å²) in [6.45, 7) is 5.78. The molecule has 1 aliphatic heterocycles. The summed E-state index contributed by atoms with van der Waals surface area (Å²) in [4.78, 5) is 14.4. The number of hydrogen-bond donors (Lipinski definition) is 3. The Morgan fingerprint density at radius 2 is 1.35 bits per heavy atom. The third kappa shape index (κ3) is 14.9. The highest BCUT2D eigenvalue weighted by Crippen LogP contribution is 2.14. The van der Waals surface area contributed by atoms with Gasteiger partial charge in [0.05, 0.1) is 6.04 Å². The number of nitrogens with two attached hydrogens (primary N) is 2. The van der Waals surface area contributed by atoms with Gasteiger partial charge in [0.2, 0.25) is 5.91 Å². The molecule has 0 unspecified atom stereocenters. The average molecular weight is 439 g/mol. The monoisotopic (exact) mass is 438 g/mol. The molecule has 0 aromatic heterocycles. The SMILES string of the molecule is CCCCCCCCCCCCCCCNC1CCN(C(=O)[C@@H](N)CCCCN)CC1. The summed E-state index contributed by atoms with van der Waals surface area (Å²) in [5.41, 5.74) is 11.6. The lowest BCUT2D eigenvalue weighted by Gasteiger charge is -2.34. The molecule has 0 saturated carbocycles. The molecule has 0 bridgehead atoms. The molecule has 1 rings (SSSR count). The van der Waals surface area contributed by atoms with Crippen LogP contribution in [0.3, 0.4) is 0 Å². The number of carbonyl (C=O) groups excluding carboxylic acids is 1. The van der Waals surface area contributed by atoms with Crippen molar-refractivity contribution < 1.29 is 4.79 Å². The van der Waals surface area contributed by atoms with Gasteiger partial charge in [0.15, 0.2) is 0 Å². The lowest BCUT2D eigenvalue weighted by Crippen LogP contribution is -2.50. The van der Waals surface area contributed by atoms with Crippen molar-refractivity contribution in [2.24, 2.45) is 11.5 Å². The molecule has 0 radical (unpaired) electrons. The zero-order valence-corrected chi connectivity index (χ0v) is 20.7. The lowest BCUT2D eigenvalue weighted by molar-refractivity contribution is -0.133. The third-order valence-electron chi connectivity index (χ3n) is 6.81. The molecule has 5 heteroatoms. The first-order valence-corrected chi connectivity index (χ1v) is 13.7. The van der Waals surface area contributed by atoms with Crippen LogP contribution >= 0.6 is 0 Å². The zero-order chi connectivity index (χ0) is 22.6. The van der Waals surface area contributed by atoms with Crippen LogP contribution in [0, 0.1) is 0 Å². The maximum Gasteiger partial charge on any atom is 0.239 e. The molecule has 1 heterocycles. The van der Waals surface area contributed by atoms with Gasteiger partial charge in [-0.15, -0.1) is 0 Å². The molecule has 1 fully saturated rings. The van der Waals surface area contributed by atoms with E-state index < -0.39 is 0 Å². The molecule has 5 nitrogen and oxygen atoms in total. The van der Waals surface area contributed by atoms with E-state index in [9.17, 15) is 4.79 Å². The number of likely N-dealkylation sites (tertiary alicyclic amines) is 1. The van der Waals surface area contributed by atoms with Crippen LogP contribution in [0.15, 0.2) is 0 Å². The topological polar surface area (TPSA) is 84.4 Å². The first kappa shape index (κ1) is 28.4. The first-order valence-electron chi connectivity index (χ1n) is 13.7. The normalized spacial score (nSPS) is 16.0. The van der Waals surface area contributed by atoms with Crippen LogP contribution in [-0.4, -0.2) is 49.1 Å². The summed E-state index contributed by atoms with van der Waals surface area (Å²) < 4.78 is 0. The summed E-state index contributed by atoms with van der Waals surface area (Å²) in [6, 6.07) is 0.219. The van der Waals surface area contributed by atoms with Gasteiger partial charge in [0, 0.05) is 19.1 Å². The molecule has 5 N–H and O–H groups in total. The highest BCUT2D eigenvalue weighted by atomic mass is 16.2. The maximum atomic E-state index is 12.4. The van der Waals surface area contributed by atoms with E-state index >= 15 is 0 Å². The Bertz CT molecular complexity index is 410. The zero-order valence-electron chi connectivity index (χ0n) is 20.7. The second kappa shape index (κ2) is 20.0. The lowest BCUT2D eigenvalue weighted by atomic mass is 10.0. The minimum atomic E-state index is -0.346. The van der Waals surface area contributed by atoms with Gasteiger partial charge in [-0.1, -0.05) is 90.4 Å². The summed E-state index contributed by atoms with van der Waals surface area (Å²) in [5.74, 6) is 0.131. The molecule has 1 atom stereocenters. The van der Waals surface area contributed by atoms with Crippen molar-refractivity contribution in [2.45, 2.75) is 135 Å². The Kier molecular flexibility index (Phi) is 18.3. The molecule has 1 amide bonds. The highest BCUT2D eigenvalue weighted by Gasteiger charge is 2.25. The van der Waals surface area contributed by atoms with Crippen LogP contribution in [0.1, 0.15) is 122 Å². The van der Waals surface area contributed by atoms with Crippen molar-refractivity contribution in [3.05, 3.63) is 0 Å². The minimum Gasteiger partial charge on any atom is -0.341 e. The molecular formula is C26H54N4O. The van der Waals surface area contributed by atoms with E-state index in [0.29, 0.717) is 12.6 Å². The molecule has 0 aliphatic carbocycles. The van der Waals surface area contributed by atoms with Gasteiger partial charge in [-0.25, -0.2) is 0 Å². The molecule has 31 heavy (non-hydrogen) atoms. The van der Waals surface area contributed by atoms with E-state index in [1.165, 1.54) is 83.5 Å². The number of nitrogens with zero attached hydrogens (tertiary/aromatic N) is 1. The molecule has 0 spiro atoms. The quantitative estimate of drug-likeness (QED) is 0.230. The number of hydrogen-bond acceptors (Lipinski definition) is 4. The summed E-state index contributed by atoms with van der Waals surface area (Å²) in [5, 5.41) is 3.71. The summed E-state index contributed by atoms with van der Waals surface area (Å²) in [7, 11) is 0. The standard InChI is InChI=1S/C26H54N4O/c1-2-3-4-5-6-7-8-9-10-11-12-13-16-21-29-24-18-22-30(23-19-24)26(31)25(28)17-14-15-20-27/h24-25,29H,2-23,27-28H2,1H3/t25-/m0/s1. The number of piperidine rings is 1. The molecular weight excluding hydrogens is 384 g/mol. The predicted octanol–water partition coefficient (Wildman–Crippen LogP) is 5.11. The van der Waals surface area contributed by atoms with E-state index in [1.807, 2.05) is 4.90 Å². The Labute approximate surface area is 193 Å². The van der Waals surface area contributed by atoms with Gasteiger partial charge in [-0.05, 0) is 45.2 Å². The predicted molar refractivity (Wildman–Crippen MR) is 134 cm³/mol. The fourth-order valence-corrected chi connectivity index (χ4v) is 4.62. The van der Waals surface area contributed by atoms with Crippen LogP contribution in [0.2, 0.25) is 0 Å². The second-order valence-corrected chi connectivity index (χ2v) is 9.69. The van der Waals surface area contributed by atoms with Crippen LogP contribution in [0.5, 0.6) is 0 Å². The van der Waals surface area contributed by atoms with Crippen molar-refractivity contribution >= 4 is 5.91 Å². The number of nitrogens with one attached hydrogen (secondary N) is 1. The van der Waals surface area contributed by atoms with Gasteiger partial charge < -0.3 is 21.7 Å². The molecule has 184 valence electrons. The molecule has 1 saturated heterocycles. The second-order valence-electron chi connectivity index (χ2n) is 9.69. The van der Waals surface area contributed by atoms with E-state index in [0.717, 1.165) is 51.7 Å². The Morgan fingerprint density at radius 1 is 0.839 bits per heavy atom. The molecule has 0 aromatic rings. The van der Waals surface area contributed by atoms with E-state index in [1.54, 1.807) is 0 Å². The van der Waals surface area contributed by atoms with Crippen molar-refractivity contribution in [1.82, 2.24) is 10.2 Å². The van der Waals surface area contributed by atoms with Gasteiger partial charge in [0.25, 0.3) is 0 Å². The van der Waals surface area contributed by atoms with Crippen LogP contribution in [0.4, 0.5) is 0 Å². The first-order chi connectivity index (χ1) is 15.2. The van der Waals surface area contributed by atoms with E-state index in [2.05, 4.69) is 12.2 Å². The van der Waals surface area contributed by atoms with Crippen molar-refractivity contribution in [1.29, 1.82) is 0 Å². The fraction of sp³-hybridized carbons (Fsp3) is 0.962. The number of rotatable bonds is 20. The third-order valence-corrected chi connectivity index (χ3v) is 6.81. The number of amides is 1. The maximum absolute atomic E-state index is 12.4. The van der Waals surface area contributed by atoms with Crippen LogP contribution in [0.25, 0.3) is 0 Å². The number of unbranched alkanes of at least 4 members (excludes halogenated alkanes) is 13. The van der Waals surface area contributed by atoms with Crippen molar-refractivity contribution in [2.75, 3.05) is 26.2 Å². The Morgan fingerprint density at radius 3 is 1.87 bits per heavy atom. The van der Waals surface area contributed by atoms with Gasteiger partial charge >= 0.3 is 0 Å². The minimum absolute atomic E-state index is 0.131. The molecule has 1 aliphatic rings. The molecule has 0 aromatic carbocycles. The largest absolute Gasteiger partial charge is 0.341 e. The smallest absolute Gasteiger partial charge is 0.239 e.